The number of anilines is 1. The molecule has 0 bridgehead atoms. The van der Waals surface area contributed by atoms with E-state index < -0.39 is 46.5 Å². The van der Waals surface area contributed by atoms with Crippen LogP contribution in [0.2, 0.25) is 0 Å². The normalized spacial score (nSPS) is 11.7. The first-order valence-corrected chi connectivity index (χ1v) is 9.53. The smallest absolute Gasteiger partial charge is 0.436 e. The molecule has 0 saturated heterocycles. The van der Waals surface area contributed by atoms with Crippen LogP contribution < -0.4 is 5.01 Å². The van der Waals surface area contributed by atoms with Crippen molar-refractivity contribution in [1.82, 2.24) is 0 Å². The number of unbranched alkanes of at least 4 members (excludes halogenated alkanes) is 1. The van der Waals surface area contributed by atoms with Crippen LogP contribution in [0.25, 0.3) is 0 Å². The fourth-order valence-corrected chi connectivity index (χ4v) is 2.50. The van der Waals surface area contributed by atoms with Gasteiger partial charge in [-0.2, -0.15) is 36.9 Å². The molecule has 0 fully saturated rings. The number of amides is 1. The second-order valence-electron chi connectivity index (χ2n) is 6.65. The van der Waals surface area contributed by atoms with E-state index in [4.69, 9.17) is 10.00 Å². The molecule has 0 aromatic heterocycles. The maximum absolute atomic E-state index is 13.2. The zero-order chi connectivity index (χ0) is 25.5. The number of rotatable bonds is 6. The van der Waals surface area contributed by atoms with Gasteiger partial charge in [0.1, 0.15) is 17.8 Å². The lowest BCUT2D eigenvalue weighted by Crippen LogP contribution is -2.27. The standard InChI is InChI=1S/C21H15F6N5O2/c1-2-3-8-34-19(33)32(18-10-16(21(25,26)27)7-5-14(18)12-29)31-30-17-9-15(20(22,23)24)6-4-13(17)11-28/h4-7,9-10H,2-3,8H2,1H3. The highest BCUT2D eigenvalue weighted by atomic mass is 19.4. The summed E-state index contributed by atoms with van der Waals surface area (Å²) in [4.78, 5) is 12.6. The van der Waals surface area contributed by atoms with Gasteiger partial charge in [0.25, 0.3) is 0 Å². The number of nitrogens with zero attached hydrogens (tertiary/aromatic N) is 5. The molecule has 1 amide bonds. The van der Waals surface area contributed by atoms with Crippen LogP contribution in [0, 0.1) is 22.7 Å². The van der Waals surface area contributed by atoms with E-state index in [0.29, 0.717) is 37.1 Å². The van der Waals surface area contributed by atoms with Crippen LogP contribution in [0.4, 0.5) is 42.5 Å². The summed E-state index contributed by atoms with van der Waals surface area (Å²) in [7, 11) is 0. The first kappa shape index (κ1) is 26.1. The third-order valence-electron chi connectivity index (χ3n) is 4.26. The minimum Gasteiger partial charge on any atom is -0.448 e. The molecule has 0 unspecified atom stereocenters. The zero-order valence-corrected chi connectivity index (χ0v) is 17.4. The van der Waals surface area contributed by atoms with Gasteiger partial charge in [-0.05, 0) is 42.8 Å². The number of carbonyl (C=O) groups excluding carboxylic acids is 1. The average Bonchev–Trinajstić information content (AvgIpc) is 2.78. The number of alkyl halides is 6. The Morgan fingerprint density at radius 1 is 0.971 bits per heavy atom. The Morgan fingerprint density at radius 3 is 2.06 bits per heavy atom. The third-order valence-corrected chi connectivity index (χ3v) is 4.26. The molecule has 0 N–H and O–H groups in total. The molecule has 0 radical (unpaired) electrons. The molecule has 0 aliphatic rings. The average molecular weight is 483 g/mol. The molecule has 0 aliphatic carbocycles. The fraction of sp³-hybridized carbons (Fsp3) is 0.286. The summed E-state index contributed by atoms with van der Waals surface area (Å²) >= 11 is 0. The molecule has 0 heterocycles. The van der Waals surface area contributed by atoms with Crippen LogP contribution >= 0.6 is 0 Å². The fourth-order valence-electron chi connectivity index (χ4n) is 2.50. The van der Waals surface area contributed by atoms with Crippen LogP contribution in [0.15, 0.2) is 46.7 Å². The Labute approximate surface area is 189 Å². The minimum absolute atomic E-state index is 0.144. The lowest BCUT2D eigenvalue weighted by atomic mass is 10.1. The van der Waals surface area contributed by atoms with Crippen molar-refractivity contribution >= 4 is 17.5 Å². The molecule has 0 atom stereocenters. The Balaban J connectivity index is 2.63. The van der Waals surface area contributed by atoms with Crippen LogP contribution in [0.1, 0.15) is 42.0 Å². The van der Waals surface area contributed by atoms with Crippen molar-refractivity contribution in [3.63, 3.8) is 0 Å². The van der Waals surface area contributed by atoms with E-state index in [0.717, 1.165) is 12.1 Å². The highest BCUT2D eigenvalue weighted by Crippen LogP contribution is 2.35. The van der Waals surface area contributed by atoms with Crippen molar-refractivity contribution < 1.29 is 35.9 Å². The topological polar surface area (TPSA) is 102 Å². The largest absolute Gasteiger partial charge is 0.448 e. The molecule has 0 aliphatic heterocycles. The molecule has 178 valence electrons. The highest BCUT2D eigenvalue weighted by Gasteiger charge is 2.33. The number of carbonyl (C=O) groups is 1. The van der Waals surface area contributed by atoms with Crippen molar-refractivity contribution in [1.29, 1.82) is 10.5 Å². The predicted octanol–water partition coefficient (Wildman–Crippen LogP) is 6.91. The van der Waals surface area contributed by atoms with Crippen LogP contribution in [0.3, 0.4) is 0 Å². The van der Waals surface area contributed by atoms with Crippen molar-refractivity contribution in [2.24, 2.45) is 10.3 Å². The van der Waals surface area contributed by atoms with Crippen molar-refractivity contribution in [3.8, 4) is 12.1 Å². The van der Waals surface area contributed by atoms with Gasteiger partial charge in [-0.3, -0.25) is 0 Å². The van der Waals surface area contributed by atoms with Crippen LogP contribution in [-0.2, 0) is 17.1 Å². The van der Waals surface area contributed by atoms with Gasteiger partial charge in [0, 0.05) is 0 Å². The van der Waals surface area contributed by atoms with Crippen LogP contribution in [-0.4, -0.2) is 12.7 Å². The molecule has 0 saturated carbocycles. The molecule has 34 heavy (non-hydrogen) atoms. The summed E-state index contributed by atoms with van der Waals surface area (Å²) in [6.45, 7) is 1.64. The Hall–Kier alpha value is -4.13. The summed E-state index contributed by atoms with van der Waals surface area (Å²) in [5.41, 5.74) is -4.42. The lowest BCUT2D eigenvalue weighted by Gasteiger charge is -2.18. The first-order valence-electron chi connectivity index (χ1n) is 9.53. The molecule has 0 spiro atoms. The molecule has 2 rings (SSSR count). The maximum Gasteiger partial charge on any atom is 0.436 e. The van der Waals surface area contributed by atoms with E-state index in [1.54, 1.807) is 19.1 Å². The quantitative estimate of drug-likeness (QED) is 0.193. The first-order chi connectivity index (χ1) is 15.9. The number of halogens is 6. The zero-order valence-electron chi connectivity index (χ0n) is 17.4. The van der Waals surface area contributed by atoms with Crippen LogP contribution in [0.5, 0.6) is 0 Å². The minimum atomic E-state index is -4.84. The third kappa shape index (κ3) is 6.45. The van der Waals surface area contributed by atoms with Crippen molar-refractivity contribution in [2.75, 3.05) is 11.6 Å². The number of hydrogen-bond acceptors (Lipinski definition) is 6. The Bertz CT molecular complexity index is 1160. The lowest BCUT2D eigenvalue weighted by molar-refractivity contribution is -0.138. The van der Waals surface area contributed by atoms with E-state index in [9.17, 15) is 36.4 Å². The molecule has 2 aromatic carbocycles. The Kier molecular flexibility index (Phi) is 8.19. The van der Waals surface area contributed by atoms with E-state index in [1.165, 1.54) is 0 Å². The SMILES string of the molecule is CCCCOC(=O)N(N=Nc1cc(C(F)(F)F)ccc1C#N)c1cc(C(F)(F)F)ccc1C#N. The molecule has 2 aromatic rings. The van der Waals surface area contributed by atoms with Gasteiger partial charge in [-0.25, -0.2) is 4.79 Å². The highest BCUT2D eigenvalue weighted by molar-refractivity contribution is 5.88. The summed E-state index contributed by atoms with van der Waals surface area (Å²) < 4.78 is 83.7. The Morgan fingerprint density at radius 2 is 1.53 bits per heavy atom. The number of benzene rings is 2. The van der Waals surface area contributed by atoms with Gasteiger partial charge < -0.3 is 4.74 Å². The number of nitriles is 2. The van der Waals surface area contributed by atoms with Gasteiger partial charge in [-0.1, -0.05) is 18.6 Å². The summed E-state index contributed by atoms with van der Waals surface area (Å²) in [5.74, 6) is 0. The van der Waals surface area contributed by atoms with Crippen molar-refractivity contribution in [2.45, 2.75) is 32.1 Å². The van der Waals surface area contributed by atoms with Gasteiger partial charge in [0.2, 0.25) is 0 Å². The van der Waals surface area contributed by atoms with Gasteiger partial charge in [-0.15, -0.1) is 10.1 Å². The molecule has 13 heteroatoms. The molecular formula is C21H15F6N5O2. The molecular weight excluding hydrogens is 468 g/mol. The summed E-state index contributed by atoms with van der Waals surface area (Å²) in [6.07, 6.45) is -9.94. The van der Waals surface area contributed by atoms with E-state index in [2.05, 4.69) is 10.3 Å². The van der Waals surface area contributed by atoms with E-state index >= 15 is 0 Å². The monoisotopic (exact) mass is 483 g/mol. The number of hydrogen-bond donors (Lipinski definition) is 0. The predicted molar refractivity (Wildman–Crippen MR) is 106 cm³/mol. The van der Waals surface area contributed by atoms with E-state index in [-0.39, 0.29) is 17.2 Å². The van der Waals surface area contributed by atoms with Gasteiger partial charge >= 0.3 is 18.4 Å². The summed E-state index contributed by atoms with van der Waals surface area (Å²) in [6, 6.07) is 7.02. The second kappa shape index (κ2) is 10.7. The second-order valence-corrected chi connectivity index (χ2v) is 6.65. The number of ether oxygens (including phenoxy) is 1. The van der Waals surface area contributed by atoms with E-state index in [1.807, 2.05) is 0 Å². The van der Waals surface area contributed by atoms with Gasteiger partial charge in [0.05, 0.1) is 34.5 Å². The molecule has 7 nitrogen and oxygen atoms in total. The maximum atomic E-state index is 13.2. The summed E-state index contributed by atoms with van der Waals surface area (Å²) in [5, 5.41) is 25.6. The van der Waals surface area contributed by atoms with Crippen molar-refractivity contribution in [3.05, 3.63) is 58.7 Å². The van der Waals surface area contributed by atoms with Gasteiger partial charge in [0.15, 0.2) is 0 Å².